The van der Waals surface area contributed by atoms with Crippen molar-refractivity contribution in [3.63, 3.8) is 0 Å². The first-order valence-corrected chi connectivity index (χ1v) is 8.16. The summed E-state index contributed by atoms with van der Waals surface area (Å²) in [6.45, 7) is 3.09. The second-order valence-electron chi connectivity index (χ2n) is 6.13. The van der Waals surface area contributed by atoms with E-state index in [0.717, 1.165) is 28.3 Å². The molecule has 2 aromatic carbocycles. The van der Waals surface area contributed by atoms with Crippen LogP contribution in [0, 0.1) is 6.92 Å². The molecule has 25 heavy (non-hydrogen) atoms. The second-order valence-corrected chi connectivity index (χ2v) is 6.13. The minimum Gasteiger partial charge on any atom is -0.482 e. The normalized spacial score (nSPS) is 13.5. The van der Waals surface area contributed by atoms with E-state index < -0.39 is 0 Å². The topological polar surface area (TPSA) is 60.2 Å². The van der Waals surface area contributed by atoms with E-state index in [1.54, 1.807) is 9.58 Å². The standard InChI is InChI=1S/C19H18N4O2/c1-14-7-8-17-18(9-14)25-13-19(24)23(17)12-16-11-22(21-20-16)10-15-5-3-2-4-6-15/h2-9,11H,10,12-13H2,1H3. The first-order valence-electron chi connectivity index (χ1n) is 8.16. The molecule has 0 unspecified atom stereocenters. The summed E-state index contributed by atoms with van der Waals surface area (Å²) in [5.74, 6) is 0.658. The molecule has 1 aliphatic heterocycles. The van der Waals surface area contributed by atoms with E-state index in [1.165, 1.54) is 0 Å². The van der Waals surface area contributed by atoms with Gasteiger partial charge in [-0.2, -0.15) is 0 Å². The average molecular weight is 334 g/mol. The van der Waals surface area contributed by atoms with Crippen molar-refractivity contribution in [2.45, 2.75) is 20.0 Å². The second kappa shape index (κ2) is 6.39. The highest BCUT2D eigenvalue weighted by atomic mass is 16.5. The van der Waals surface area contributed by atoms with Crippen LogP contribution in [0.3, 0.4) is 0 Å². The van der Waals surface area contributed by atoms with Crippen molar-refractivity contribution >= 4 is 11.6 Å². The molecule has 4 rings (SSSR count). The molecule has 0 N–H and O–H groups in total. The predicted molar refractivity (Wildman–Crippen MR) is 93.4 cm³/mol. The van der Waals surface area contributed by atoms with Gasteiger partial charge in [-0.3, -0.25) is 9.69 Å². The molecule has 0 spiro atoms. The van der Waals surface area contributed by atoms with Crippen molar-refractivity contribution in [3.8, 4) is 5.75 Å². The van der Waals surface area contributed by atoms with Crippen molar-refractivity contribution in [2.75, 3.05) is 11.5 Å². The molecule has 2 heterocycles. The fourth-order valence-corrected chi connectivity index (χ4v) is 2.91. The summed E-state index contributed by atoms with van der Waals surface area (Å²) < 4.78 is 7.32. The SMILES string of the molecule is Cc1ccc2c(c1)OCC(=O)N2Cc1cn(Cc2ccccc2)nn1. The third kappa shape index (κ3) is 3.24. The molecule has 0 atom stereocenters. The zero-order chi connectivity index (χ0) is 17.2. The summed E-state index contributed by atoms with van der Waals surface area (Å²) in [5.41, 5.74) is 3.78. The van der Waals surface area contributed by atoms with E-state index >= 15 is 0 Å². The molecule has 1 amide bonds. The number of hydrogen-bond acceptors (Lipinski definition) is 4. The Morgan fingerprint density at radius 1 is 1.12 bits per heavy atom. The van der Waals surface area contributed by atoms with Gasteiger partial charge in [-0.05, 0) is 30.2 Å². The molecule has 0 saturated heterocycles. The fraction of sp³-hybridized carbons (Fsp3) is 0.211. The Balaban J connectivity index is 1.54. The van der Waals surface area contributed by atoms with Crippen LogP contribution in [0.1, 0.15) is 16.8 Å². The van der Waals surface area contributed by atoms with Gasteiger partial charge in [0.15, 0.2) is 6.61 Å². The van der Waals surface area contributed by atoms with E-state index in [0.29, 0.717) is 13.1 Å². The number of fused-ring (bicyclic) bond motifs is 1. The smallest absolute Gasteiger partial charge is 0.265 e. The first-order chi connectivity index (χ1) is 12.2. The molecule has 1 aliphatic rings. The number of nitrogens with zero attached hydrogens (tertiary/aromatic N) is 4. The Morgan fingerprint density at radius 3 is 2.80 bits per heavy atom. The lowest BCUT2D eigenvalue weighted by Gasteiger charge is -2.28. The molecule has 6 heteroatoms. The van der Waals surface area contributed by atoms with Crippen molar-refractivity contribution in [3.05, 3.63) is 71.5 Å². The third-order valence-electron chi connectivity index (χ3n) is 4.15. The van der Waals surface area contributed by atoms with Gasteiger partial charge in [-0.15, -0.1) is 5.10 Å². The Morgan fingerprint density at radius 2 is 1.96 bits per heavy atom. The van der Waals surface area contributed by atoms with Crippen LogP contribution in [0.4, 0.5) is 5.69 Å². The summed E-state index contributed by atoms with van der Waals surface area (Å²) in [6, 6.07) is 15.9. The van der Waals surface area contributed by atoms with Crippen LogP contribution < -0.4 is 9.64 Å². The van der Waals surface area contributed by atoms with Gasteiger partial charge in [0, 0.05) is 0 Å². The molecule has 1 aromatic heterocycles. The largest absolute Gasteiger partial charge is 0.482 e. The van der Waals surface area contributed by atoms with Gasteiger partial charge in [-0.25, -0.2) is 4.68 Å². The quantitative estimate of drug-likeness (QED) is 0.736. The van der Waals surface area contributed by atoms with Gasteiger partial charge >= 0.3 is 0 Å². The number of aryl methyl sites for hydroxylation is 1. The number of hydrogen-bond donors (Lipinski definition) is 0. The minimum atomic E-state index is -0.0750. The monoisotopic (exact) mass is 334 g/mol. The van der Waals surface area contributed by atoms with Gasteiger partial charge in [0.05, 0.1) is 25.0 Å². The van der Waals surface area contributed by atoms with Crippen LogP contribution in [-0.4, -0.2) is 27.5 Å². The number of aromatic nitrogens is 3. The molecular formula is C19H18N4O2. The number of rotatable bonds is 4. The molecule has 0 radical (unpaired) electrons. The number of amides is 1. The van der Waals surface area contributed by atoms with Crippen molar-refractivity contribution < 1.29 is 9.53 Å². The highest BCUT2D eigenvalue weighted by Gasteiger charge is 2.26. The molecule has 126 valence electrons. The van der Waals surface area contributed by atoms with Crippen LogP contribution in [-0.2, 0) is 17.9 Å². The van der Waals surface area contributed by atoms with Gasteiger partial charge in [0.1, 0.15) is 11.4 Å². The van der Waals surface area contributed by atoms with Crippen molar-refractivity contribution in [2.24, 2.45) is 0 Å². The molecule has 0 saturated carbocycles. The maximum atomic E-state index is 12.3. The Bertz CT molecular complexity index is 905. The van der Waals surface area contributed by atoms with Crippen molar-refractivity contribution in [1.82, 2.24) is 15.0 Å². The number of benzene rings is 2. The van der Waals surface area contributed by atoms with E-state index in [-0.39, 0.29) is 12.5 Å². The molecule has 6 nitrogen and oxygen atoms in total. The summed E-state index contributed by atoms with van der Waals surface area (Å²) in [6.07, 6.45) is 1.88. The summed E-state index contributed by atoms with van der Waals surface area (Å²) in [4.78, 5) is 14.0. The number of anilines is 1. The number of carbonyl (C=O) groups excluding carboxylic acids is 1. The summed E-state index contributed by atoms with van der Waals surface area (Å²) >= 11 is 0. The lowest BCUT2D eigenvalue weighted by molar-refractivity contribution is -0.121. The Kier molecular flexibility index (Phi) is 3.93. The van der Waals surface area contributed by atoms with E-state index in [9.17, 15) is 4.79 Å². The predicted octanol–water partition coefficient (Wildman–Crippen LogP) is 2.56. The molecule has 3 aromatic rings. The van der Waals surface area contributed by atoms with Crippen LogP contribution in [0.5, 0.6) is 5.75 Å². The lowest BCUT2D eigenvalue weighted by atomic mass is 10.1. The maximum absolute atomic E-state index is 12.3. The Hall–Kier alpha value is -3.15. The Labute approximate surface area is 145 Å². The molecule has 0 bridgehead atoms. The van der Waals surface area contributed by atoms with E-state index in [4.69, 9.17) is 4.74 Å². The van der Waals surface area contributed by atoms with Crippen LogP contribution in [0.2, 0.25) is 0 Å². The van der Waals surface area contributed by atoms with E-state index in [1.807, 2.05) is 61.7 Å². The lowest BCUT2D eigenvalue weighted by Crippen LogP contribution is -2.38. The van der Waals surface area contributed by atoms with Crippen LogP contribution in [0.15, 0.2) is 54.7 Å². The van der Waals surface area contributed by atoms with Gasteiger partial charge in [0.25, 0.3) is 5.91 Å². The zero-order valence-corrected chi connectivity index (χ0v) is 13.9. The van der Waals surface area contributed by atoms with Gasteiger partial charge in [0.2, 0.25) is 0 Å². The fourth-order valence-electron chi connectivity index (χ4n) is 2.91. The first kappa shape index (κ1) is 15.4. The average Bonchev–Trinajstić information content (AvgIpc) is 3.05. The van der Waals surface area contributed by atoms with E-state index in [2.05, 4.69) is 10.3 Å². The summed E-state index contributed by atoms with van der Waals surface area (Å²) in [7, 11) is 0. The zero-order valence-electron chi connectivity index (χ0n) is 13.9. The molecule has 0 aliphatic carbocycles. The highest BCUT2D eigenvalue weighted by Crippen LogP contribution is 2.33. The summed E-state index contributed by atoms with van der Waals surface area (Å²) in [5, 5.41) is 8.38. The third-order valence-corrected chi connectivity index (χ3v) is 4.15. The maximum Gasteiger partial charge on any atom is 0.265 e. The number of carbonyl (C=O) groups is 1. The minimum absolute atomic E-state index is 0.0502. The molecular weight excluding hydrogens is 316 g/mol. The van der Waals surface area contributed by atoms with Gasteiger partial charge in [-0.1, -0.05) is 41.6 Å². The van der Waals surface area contributed by atoms with Crippen molar-refractivity contribution in [1.29, 1.82) is 0 Å². The highest BCUT2D eigenvalue weighted by molar-refractivity contribution is 5.97. The van der Waals surface area contributed by atoms with Crippen LogP contribution >= 0.6 is 0 Å². The van der Waals surface area contributed by atoms with Crippen LogP contribution in [0.25, 0.3) is 0 Å². The number of ether oxygens (including phenoxy) is 1. The van der Waals surface area contributed by atoms with Gasteiger partial charge < -0.3 is 4.74 Å². The molecule has 0 fully saturated rings.